The number of rotatable bonds is 5. The Balaban J connectivity index is 1.60. The summed E-state index contributed by atoms with van der Waals surface area (Å²) in [7, 11) is 0. The first-order valence-corrected chi connectivity index (χ1v) is 9.94. The van der Waals surface area contributed by atoms with E-state index in [9.17, 15) is 9.59 Å². The first-order chi connectivity index (χ1) is 13.6. The van der Waals surface area contributed by atoms with Crippen LogP contribution in [0.1, 0.15) is 31.4 Å². The zero-order valence-corrected chi connectivity index (χ0v) is 16.1. The molecule has 1 fully saturated rings. The molecular formula is C21H18N4O2S. The number of aromatic nitrogens is 2. The van der Waals surface area contributed by atoms with E-state index in [4.69, 9.17) is 5.26 Å². The highest BCUT2D eigenvalue weighted by Gasteiger charge is 2.30. The van der Waals surface area contributed by atoms with Crippen LogP contribution in [0.2, 0.25) is 0 Å². The molecule has 1 saturated carbocycles. The SMILES string of the molecule is C[C@H](Sc1nc2ccccc2c(=O)n1C1CC1)C(=O)Nc1cccc(C#N)c1. The molecule has 1 heterocycles. The van der Waals surface area contributed by atoms with Gasteiger partial charge in [-0.15, -0.1) is 0 Å². The van der Waals surface area contributed by atoms with Crippen molar-refractivity contribution >= 4 is 34.3 Å². The predicted octanol–water partition coefficient (Wildman–Crippen LogP) is 3.72. The molecule has 140 valence electrons. The monoisotopic (exact) mass is 390 g/mol. The van der Waals surface area contributed by atoms with E-state index in [1.165, 1.54) is 11.8 Å². The van der Waals surface area contributed by atoms with Crippen molar-refractivity contribution in [1.82, 2.24) is 9.55 Å². The molecule has 4 rings (SSSR count). The quantitative estimate of drug-likeness (QED) is 0.530. The summed E-state index contributed by atoms with van der Waals surface area (Å²) in [6.07, 6.45) is 1.91. The minimum atomic E-state index is -0.455. The number of anilines is 1. The van der Waals surface area contributed by atoms with Crippen LogP contribution >= 0.6 is 11.8 Å². The van der Waals surface area contributed by atoms with Gasteiger partial charge in [0.2, 0.25) is 5.91 Å². The lowest BCUT2D eigenvalue weighted by Gasteiger charge is -2.16. The molecule has 2 aromatic carbocycles. The van der Waals surface area contributed by atoms with E-state index in [-0.39, 0.29) is 17.5 Å². The van der Waals surface area contributed by atoms with Crippen molar-refractivity contribution in [1.29, 1.82) is 5.26 Å². The van der Waals surface area contributed by atoms with Gasteiger partial charge < -0.3 is 5.32 Å². The summed E-state index contributed by atoms with van der Waals surface area (Å²) < 4.78 is 1.73. The van der Waals surface area contributed by atoms with Crippen molar-refractivity contribution < 1.29 is 4.79 Å². The number of para-hydroxylation sites is 1. The van der Waals surface area contributed by atoms with Crippen LogP contribution < -0.4 is 10.9 Å². The lowest BCUT2D eigenvalue weighted by atomic mass is 10.2. The van der Waals surface area contributed by atoms with Crippen LogP contribution in [0, 0.1) is 11.3 Å². The lowest BCUT2D eigenvalue weighted by molar-refractivity contribution is -0.115. The minimum absolute atomic E-state index is 0.0510. The second kappa shape index (κ2) is 7.49. The number of carbonyl (C=O) groups excluding carboxylic acids is 1. The molecule has 0 radical (unpaired) electrons. The fourth-order valence-corrected chi connectivity index (χ4v) is 3.96. The molecular weight excluding hydrogens is 372 g/mol. The summed E-state index contributed by atoms with van der Waals surface area (Å²) >= 11 is 1.28. The summed E-state index contributed by atoms with van der Waals surface area (Å²) in [5.74, 6) is -0.204. The zero-order chi connectivity index (χ0) is 19.7. The van der Waals surface area contributed by atoms with Crippen LogP contribution in [0.4, 0.5) is 5.69 Å². The van der Waals surface area contributed by atoms with E-state index < -0.39 is 5.25 Å². The van der Waals surface area contributed by atoms with E-state index in [1.807, 2.05) is 18.2 Å². The van der Waals surface area contributed by atoms with Crippen molar-refractivity contribution in [3.05, 3.63) is 64.4 Å². The van der Waals surface area contributed by atoms with Gasteiger partial charge in [-0.25, -0.2) is 4.98 Å². The summed E-state index contributed by atoms with van der Waals surface area (Å²) in [6.45, 7) is 1.78. The Hall–Kier alpha value is -3.11. The van der Waals surface area contributed by atoms with Gasteiger partial charge in [0.15, 0.2) is 5.16 Å². The van der Waals surface area contributed by atoms with Crippen molar-refractivity contribution in [2.45, 2.75) is 36.2 Å². The van der Waals surface area contributed by atoms with E-state index >= 15 is 0 Å². The normalized spacial score (nSPS) is 14.4. The fourth-order valence-electron chi connectivity index (χ4n) is 2.99. The molecule has 1 aliphatic rings. The molecule has 1 atom stereocenters. The van der Waals surface area contributed by atoms with Gasteiger partial charge in [0.1, 0.15) is 0 Å². The summed E-state index contributed by atoms with van der Waals surface area (Å²) in [5.41, 5.74) is 1.64. The number of nitrogens with zero attached hydrogens (tertiary/aromatic N) is 3. The molecule has 0 unspecified atom stereocenters. The van der Waals surface area contributed by atoms with Gasteiger partial charge >= 0.3 is 0 Å². The van der Waals surface area contributed by atoms with Gasteiger partial charge in [-0.05, 0) is 50.1 Å². The highest BCUT2D eigenvalue weighted by Crippen LogP contribution is 2.37. The molecule has 1 aromatic heterocycles. The molecule has 28 heavy (non-hydrogen) atoms. The number of hydrogen-bond donors (Lipinski definition) is 1. The third kappa shape index (κ3) is 3.64. The van der Waals surface area contributed by atoms with Crippen molar-refractivity contribution in [3.63, 3.8) is 0 Å². The second-order valence-corrected chi connectivity index (χ2v) is 8.07. The van der Waals surface area contributed by atoms with Crippen LogP contribution in [-0.4, -0.2) is 20.7 Å². The Morgan fingerprint density at radius 2 is 2.07 bits per heavy atom. The summed E-state index contributed by atoms with van der Waals surface area (Å²) in [5, 5.41) is 12.5. The number of fused-ring (bicyclic) bond motifs is 1. The Morgan fingerprint density at radius 3 is 2.82 bits per heavy atom. The van der Waals surface area contributed by atoms with Crippen molar-refractivity contribution in [2.24, 2.45) is 0 Å². The number of amides is 1. The van der Waals surface area contributed by atoms with Gasteiger partial charge in [0.25, 0.3) is 5.56 Å². The maximum atomic E-state index is 12.9. The van der Waals surface area contributed by atoms with Gasteiger partial charge in [0, 0.05) is 11.7 Å². The maximum absolute atomic E-state index is 12.9. The summed E-state index contributed by atoms with van der Waals surface area (Å²) in [6, 6.07) is 16.3. The summed E-state index contributed by atoms with van der Waals surface area (Å²) in [4.78, 5) is 30.2. The van der Waals surface area contributed by atoms with E-state index in [0.717, 1.165) is 12.8 Å². The largest absolute Gasteiger partial charge is 0.325 e. The van der Waals surface area contributed by atoms with Crippen molar-refractivity contribution in [2.75, 3.05) is 5.32 Å². The van der Waals surface area contributed by atoms with E-state index in [2.05, 4.69) is 16.4 Å². The fraction of sp³-hybridized carbons (Fsp3) is 0.238. The number of nitriles is 1. The Morgan fingerprint density at radius 1 is 1.29 bits per heavy atom. The van der Waals surface area contributed by atoms with Crippen LogP contribution in [0.15, 0.2) is 58.5 Å². The molecule has 3 aromatic rings. The number of benzene rings is 2. The van der Waals surface area contributed by atoms with Crippen LogP contribution in [0.25, 0.3) is 10.9 Å². The molecule has 1 N–H and O–H groups in total. The molecule has 0 bridgehead atoms. The smallest absolute Gasteiger partial charge is 0.262 e. The van der Waals surface area contributed by atoms with Gasteiger partial charge in [-0.2, -0.15) is 5.26 Å². The first-order valence-electron chi connectivity index (χ1n) is 9.06. The Bertz CT molecular complexity index is 1160. The molecule has 0 spiro atoms. The highest BCUT2D eigenvalue weighted by molar-refractivity contribution is 8.00. The maximum Gasteiger partial charge on any atom is 0.262 e. The highest BCUT2D eigenvalue weighted by atomic mass is 32.2. The molecule has 1 aliphatic carbocycles. The lowest BCUT2D eigenvalue weighted by Crippen LogP contribution is -2.26. The molecule has 7 heteroatoms. The van der Waals surface area contributed by atoms with Crippen LogP contribution in [-0.2, 0) is 4.79 Å². The first kappa shape index (κ1) is 18.3. The zero-order valence-electron chi connectivity index (χ0n) is 15.3. The van der Waals surface area contributed by atoms with Crippen molar-refractivity contribution in [3.8, 4) is 6.07 Å². The predicted molar refractivity (Wildman–Crippen MR) is 109 cm³/mol. The third-order valence-electron chi connectivity index (χ3n) is 4.60. The standard InChI is InChI=1S/C21H18N4O2S/c1-13(19(26)23-15-6-4-5-14(11-15)12-22)28-21-24-18-8-3-2-7-17(18)20(27)25(21)16-9-10-16/h2-8,11,13,16H,9-10H2,1H3,(H,23,26)/t13-/m0/s1. The number of thioether (sulfide) groups is 1. The number of carbonyl (C=O) groups is 1. The Kier molecular flexibility index (Phi) is 4.88. The van der Waals surface area contributed by atoms with Crippen LogP contribution in [0.5, 0.6) is 0 Å². The molecule has 1 amide bonds. The Labute approximate surface area is 166 Å². The molecule has 0 saturated heterocycles. The van der Waals surface area contributed by atoms with Gasteiger partial charge in [-0.3, -0.25) is 14.2 Å². The molecule has 0 aliphatic heterocycles. The second-order valence-electron chi connectivity index (χ2n) is 6.76. The molecule has 6 nitrogen and oxygen atoms in total. The average molecular weight is 390 g/mol. The van der Waals surface area contributed by atoms with Gasteiger partial charge in [-0.1, -0.05) is 30.0 Å². The van der Waals surface area contributed by atoms with E-state index in [1.54, 1.807) is 41.8 Å². The number of hydrogen-bond acceptors (Lipinski definition) is 5. The van der Waals surface area contributed by atoms with Crippen LogP contribution in [0.3, 0.4) is 0 Å². The third-order valence-corrected chi connectivity index (χ3v) is 5.66. The number of nitrogens with one attached hydrogen (secondary N) is 1. The topological polar surface area (TPSA) is 87.8 Å². The van der Waals surface area contributed by atoms with E-state index in [0.29, 0.717) is 27.3 Å². The average Bonchev–Trinajstić information content (AvgIpc) is 3.53. The van der Waals surface area contributed by atoms with Gasteiger partial charge in [0.05, 0.1) is 27.8 Å². The minimum Gasteiger partial charge on any atom is -0.325 e.